The molecular formula is C11H19IN4S. The number of aromatic nitrogens is 1. The molecule has 1 aliphatic heterocycles. The molecule has 0 atom stereocenters. The van der Waals surface area contributed by atoms with Crippen molar-refractivity contribution in [3.8, 4) is 0 Å². The van der Waals surface area contributed by atoms with E-state index in [1.807, 2.05) is 10.9 Å². The molecule has 0 radical (unpaired) electrons. The number of halogens is 1. The van der Waals surface area contributed by atoms with Gasteiger partial charge in [0.25, 0.3) is 0 Å². The van der Waals surface area contributed by atoms with Crippen molar-refractivity contribution in [1.29, 1.82) is 0 Å². The van der Waals surface area contributed by atoms with Crippen LogP contribution in [0.4, 0.5) is 0 Å². The van der Waals surface area contributed by atoms with E-state index in [9.17, 15) is 0 Å². The maximum Gasteiger partial charge on any atom is 0.191 e. The molecule has 2 heterocycles. The van der Waals surface area contributed by atoms with E-state index in [0.29, 0.717) is 12.5 Å². The second kappa shape index (κ2) is 7.15. The molecule has 0 spiro atoms. The molecular weight excluding hydrogens is 347 g/mol. The predicted molar refractivity (Wildman–Crippen MR) is 82.8 cm³/mol. The first-order chi connectivity index (χ1) is 7.75. The van der Waals surface area contributed by atoms with Gasteiger partial charge in [-0.1, -0.05) is 6.92 Å². The lowest BCUT2D eigenvalue weighted by molar-refractivity contribution is 0.277. The van der Waals surface area contributed by atoms with Gasteiger partial charge in [-0.15, -0.1) is 35.3 Å². The summed E-state index contributed by atoms with van der Waals surface area (Å²) in [7, 11) is 0. The second-order valence-electron chi connectivity index (χ2n) is 4.32. The third-order valence-corrected chi connectivity index (χ3v) is 3.63. The van der Waals surface area contributed by atoms with Gasteiger partial charge >= 0.3 is 0 Å². The van der Waals surface area contributed by atoms with E-state index in [1.165, 1.54) is 12.8 Å². The van der Waals surface area contributed by atoms with Gasteiger partial charge in [-0.2, -0.15) is 0 Å². The van der Waals surface area contributed by atoms with Crippen LogP contribution in [0, 0.1) is 5.92 Å². The molecule has 2 N–H and O–H groups in total. The molecule has 0 aromatic carbocycles. The topological polar surface area (TPSA) is 54.5 Å². The van der Waals surface area contributed by atoms with Crippen LogP contribution in [-0.2, 0) is 6.54 Å². The van der Waals surface area contributed by atoms with Crippen molar-refractivity contribution in [2.45, 2.75) is 26.3 Å². The number of thiazole rings is 1. The SMILES string of the molecule is CC1CCN(C(N)=NCc2cscn2)CC1.I. The number of nitrogens with two attached hydrogens (primary N) is 1. The Morgan fingerprint density at radius 3 is 2.88 bits per heavy atom. The lowest BCUT2D eigenvalue weighted by atomic mass is 10.00. The standard InChI is InChI=1S/C11H18N4S.HI/c1-9-2-4-15(5-3-9)11(12)13-6-10-7-16-8-14-10;/h7-9H,2-6H2,1H3,(H2,12,13);1H. The average Bonchev–Trinajstić information content (AvgIpc) is 2.80. The number of rotatable bonds is 2. The van der Waals surface area contributed by atoms with Crippen LogP contribution in [0.2, 0.25) is 0 Å². The van der Waals surface area contributed by atoms with Gasteiger partial charge in [-0.3, -0.25) is 0 Å². The number of piperidine rings is 1. The van der Waals surface area contributed by atoms with Crippen LogP contribution < -0.4 is 5.73 Å². The molecule has 1 aromatic rings. The predicted octanol–water partition coefficient (Wildman–Crippen LogP) is 2.31. The van der Waals surface area contributed by atoms with E-state index in [2.05, 4.69) is 21.8 Å². The Morgan fingerprint density at radius 2 is 2.29 bits per heavy atom. The molecule has 0 saturated carbocycles. The van der Waals surface area contributed by atoms with Crippen molar-refractivity contribution >= 4 is 41.3 Å². The first-order valence-corrected chi connectivity index (χ1v) is 6.62. The van der Waals surface area contributed by atoms with Crippen LogP contribution in [0.25, 0.3) is 0 Å². The monoisotopic (exact) mass is 366 g/mol. The van der Waals surface area contributed by atoms with E-state index < -0.39 is 0 Å². The van der Waals surface area contributed by atoms with Crippen LogP contribution in [0.5, 0.6) is 0 Å². The highest BCUT2D eigenvalue weighted by Crippen LogP contribution is 2.15. The number of aliphatic imine (C=N–C) groups is 1. The second-order valence-corrected chi connectivity index (χ2v) is 5.04. The summed E-state index contributed by atoms with van der Waals surface area (Å²) in [4.78, 5) is 10.7. The molecule has 0 amide bonds. The van der Waals surface area contributed by atoms with Gasteiger partial charge in [-0.25, -0.2) is 9.98 Å². The molecule has 0 aliphatic carbocycles. The minimum atomic E-state index is 0. The summed E-state index contributed by atoms with van der Waals surface area (Å²) in [5.74, 6) is 1.49. The highest BCUT2D eigenvalue weighted by atomic mass is 127. The van der Waals surface area contributed by atoms with Crippen molar-refractivity contribution in [2.75, 3.05) is 13.1 Å². The van der Waals surface area contributed by atoms with E-state index in [4.69, 9.17) is 5.73 Å². The van der Waals surface area contributed by atoms with Gasteiger partial charge in [0.1, 0.15) is 0 Å². The lowest BCUT2D eigenvalue weighted by Crippen LogP contribution is -2.42. The summed E-state index contributed by atoms with van der Waals surface area (Å²) < 4.78 is 0. The number of hydrogen-bond acceptors (Lipinski definition) is 3. The van der Waals surface area contributed by atoms with Crippen molar-refractivity contribution in [3.05, 3.63) is 16.6 Å². The fourth-order valence-corrected chi connectivity index (χ4v) is 2.36. The van der Waals surface area contributed by atoms with Crippen LogP contribution in [0.1, 0.15) is 25.5 Å². The van der Waals surface area contributed by atoms with E-state index in [1.54, 1.807) is 11.3 Å². The van der Waals surface area contributed by atoms with Crippen molar-refractivity contribution < 1.29 is 0 Å². The van der Waals surface area contributed by atoms with Gasteiger partial charge in [0.05, 0.1) is 17.7 Å². The van der Waals surface area contributed by atoms with E-state index in [-0.39, 0.29) is 24.0 Å². The van der Waals surface area contributed by atoms with E-state index in [0.717, 1.165) is 24.7 Å². The minimum Gasteiger partial charge on any atom is -0.370 e. The average molecular weight is 366 g/mol. The first kappa shape index (κ1) is 14.7. The Balaban J connectivity index is 0.00000144. The third-order valence-electron chi connectivity index (χ3n) is 2.99. The van der Waals surface area contributed by atoms with Gasteiger partial charge in [-0.05, 0) is 18.8 Å². The Kier molecular flexibility index (Phi) is 6.18. The Hall–Kier alpha value is -0.370. The largest absolute Gasteiger partial charge is 0.370 e. The molecule has 0 unspecified atom stereocenters. The molecule has 17 heavy (non-hydrogen) atoms. The summed E-state index contributed by atoms with van der Waals surface area (Å²) in [5.41, 5.74) is 8.78. The lowest BCUT2D eigenvalue weighted by Gasteiger charge is -2.30. The Morgan fingerprint density at radius 1 is 1.59 bits per heavy atom. The zero-order valence-electron chi connectivity index (χ0n) is 10.0. The van der Waals surface area contributed by atoms with Gasteiger partial charge in [0.2, 0.25) is 0 Å². The van der Waals surface area contributed by atoms with E-state index >= 15 is 0 Å². The number of likely N-dealkylation sites (tertiary alicyclic amines) is 1. The summed E-state index contributed by atoms with van der Waals surface area (Å²) in [6.07, 6.45) is 2.43. The molecule has 1 aromatic heterocycles. The molecule has 1 saturated heterocycles. The summed E-state index contributed by atoms with van der Waals surface area (Å²) in [6.45, 7) is 4.96. The minimum absolute atomic E-state index is 0. The molecule has 0 bridgehead atoms. The molecule has 2 rings (SSSR count). The zero-order valence-corrected chi connectivity index (χ0v) is 13.1. The van der Waals surface area contributed by atoms with Crippen molar-refractivity contribution in [3.63, 3.8) is 0 Å². The molecule has 1 fully saturated rings. The van der Waals surface area contributed by atoms with Crippen LogP contribution in [0.15, 0.2) is 15.9 Å². The van der Waals surface area contributed by atoms with Gasteiger partial charge < -0.3 is 10.6 Å². The maximum absolute atomic E-state index is 5.96. The molecule has 6 heteroatoms. The highest BCUT2D eigenvalue weighted by Gasteiger charge is 2.16. The van der Waals surface area contributed by atoms with Crippen molar-refractivity contribution in [2.24, 2.45) is 16.6 Å². The van der Waals surface area contributed by atoms with Crippen molar-refractivity contribution in [1.82, 2.24) is 9.88 Å². The maximum atomic E-state index is 5.96. The zero-order chi connectivity index (χ0) is 11.4. The molecule has 96 valence electrons. The van der Waals surface area contributed by atoms with Gasteiger partial charge in [0, 0.05) is 18.5 Å². The normalized spacial score (nSPS) is 17.9. The number of hydrogen-bond donors (Lipinski definition) is 1. The molecule has 4 nitrogen and oxygen atoms in total. The summed E-state index contributed by atoms with van der Waals surface area (Å²) >= 11 is 1.59. The fraction of sp³-hybridized carbons (Fsp3) is 0.636. The molecule has 1 aliphatic rings. The van der Waals surface area contributed by atoms with Gasteiger partial charge in [0.15, 0.2) is 5.96 Å². The highest BCUT2D eigenvalue weighted by molar-refractivity contribution is 14.0. The first-order valence-electron chi connectivity index (χ1n) is 5.67. The Bertz CT molecular complexity index is 344. The third kappa shape index (κ3) is 4.42. The number of nitrogens with zero attached hydrogens (tertiary/aromatic N) is 3. The van der Waals surface area contributed by atoms with Crippen LogP contribution in [0.3, 0.4) is 0 Å². The smallest absolute Gasteiger partial charge is 0.191 e. The van der Waals surface area contributed by atoms with Crippen LogP contribution >= 0.6 is 35.3 Å². The quantitative estimate of drug-likeness (QED) is 0.497. The summed E-state index contributed by atoms with van der Waals surface area (Å²) in [6, 6.07) is 0. The Labute approximate surface area is 123 Å². The summed E-state index contributed by atoms with van der Waals surface area (Å²) in [5, 5.41) is 2.01. The fourth-order valence-electron chi connectivity index (χ4n) is 1.82. The number of guanidine groups is 1. The van der Waals surface area contributed by atoms with Crippen LogP contribution in [-0.4, -0.2) is 28.9 Å².